The summed E-state index contributed by atoms with van der Waals surface area (Å²) in [7, 11) is 1.25. The Kier molecular flexibility index (Phi) is 7.60. The maximum Gasteiger partial charge on any atom is 0.323 e. The highest BCUT2D eigenvalue weighted by Crippen LogP contribution is 2.11. The number of hydrogen-bond acceptors (Lipinski definition) is 5. The Morgan fingerprint density at radius 1 is 1.33 bits per heavy atom. The number of methoxy groups -OCH3 is 1. The SMILES string of the molecule is CCOC(C[C@H](C#N)C(=O)OC)OCC. The van der Waals surface area contributed by atoms with Crippen molar-refractivity contribution in [2.45, 2.75) is 26.6 Å². The molecule has 1 atom stereocenters. The molecule has 15 heavy (non-hydrogen) atoms. The summed E-state index contributed by atoms with van der Waals surface area (Å²) in [4.78, 5) is 11.1. The van der Waals surface area contributed by atoms with Crippen molar-refractivity contribution in [2.24, 2.45) is 5.92 Å². The van der Waals surface area contributed by atoms with Gasteiger partial charge in [-0.3, -0.25) is 4.79 Å². The first-order valence-electron chi connectivity index (χ1n) is 4.90. The highest BCUT2D eigenvalue weighted by molar-refractivity contribution is 5.74. The second-order valence-electron chi connectivity index (χ2n) is 2.78. The Hall–Kier alpha value is -1.12. The molecule has 86 valence electrons. The van der Waals surface area contributed by atoms with Crippen LogP contribution in [0.25, 0.3) is 0 Å². The van der Waals surface area contributed by atoms with Gasteiger partial charge in [-0.15, -0.1) is 0 Å². The van der Waals surface area contributed by atoms with Crippen LogP contribution >= 0.6 is 0 Å². The molecule has 0 spiro atoms. The fourth-order valence-corrected chi connectivity index (χ4v) is 1.09. The van der Waals surface area contributed by atoms with Gasteiger partial charge in [-0.05, 0) is 13.8 Å². The second kappa shape index (κ2) is 8.21. The molecule has 0 bridgehead atoms. The first kappa shape index (κ1) is 13.9. The highest BCUT2D eigenvalue weighted by Gasteiger charge is 2.24. The zero-order chi connectivity index (χ0) is 11.7. The van der Waals surface area contributed by atoms with E-state index in [9.17, 15) is 4.79 Å². The molecule has 0 saturated carbocycles. The smallest absolute Gasteiger partial charge is 0.323 e. The molecule has 0 aromatic carbocycles. The predicted octanol–water partition coefficient (Wildman–Crippen LogP) is 1.09. The van der Waals surface area contributed by atoms with Crippen molar-refractivity contribution >= 4 is 5.97 Å². The molecular formula is C10H17NO4. The van der Waals surface area contributed by atoms with Crippen LogP contribution in [0.5, 0.6) is 0 Å². The number of nitrogens with zero attached hydrogens (tertiary/aromatic N) is 1. The van der Waals surface area contributed by atoms with Crippen molar-refractivity contribution < 1.29 is 19.0 Å². The van der Waals surface area contributed by atoms with Gasteiger partial charge < -0.3 is 14.2 Å². The average molecular weight is 215 g/mol. The molecule has 0 fully saturated rings. The van der Waals surface area contributed by atoms with E-state index in [-0.39, 0.29) is 6.42 Å². The van der Waals surface area contributed by atoms with Crippen molar-refractivity contribution in [3.8, 4) is 6.07 Å². The van der Waals surface area contributed by atoms with Gasteiger partial charge in [0.05, 0.1) is 13.2 Å². The van der Waals surface area contributed by atoms with Gasteiger partial charge in [0, 0.05) is 19.6 Å². The Morgan fingerprint density at radius 3 is 2.20 bits per heavy atom. The fourth-order valence-electron chi connectivity index (χ4n) is 1.09. The molecule has 5 heteroatoms. The zero-order valence-corrected chi connectivity index (χ0v) is 9.36. The molecule has 0 aliphatic carbocycles. The number of hydrogen-bond donors (Lipinski definition) is 0. The van der Waals surface area contributed by atoms with Crippen LogP contribution in [0.4, 0.5) is 0 Å². The van der Waals surface area contributed by atoms with Gasteiger partial charge in [-0.25, -0.2) is 0 Å². The van der Waals surface area contributed by atoms with E-state index in [0.29, 0.717) is 13.2 Å². The third-order valence-corrected chi connectivity index (χ3v) is 1.77. The van der Waals surface area contributed by atoms with Crippen LogP contribution in [0.2, 0.25) is 0 Å². The molecule has 5 nitrogen and oxygen atoms in total. The minimum absolute atomic E-state index is 0.199. The van der Waals surface area contributed by atoms with Gasteiger partial charge >= 0.3 is 5.97 Å². The molecular weight excluding hydrogens is 198 g/mol. The Balaban J connectivity index is 4.22. The van der Waals surface area contributed by atoms with Gasteiger partial charge in [0.25, 0.3) is 0 Å². The van der Waals surface area contributed by atoms with E-state index in [0.717, 1.165) is 0 Å². The van der Waals surface area contributed by atoms with E-state index in [2.05, 4.69) is 4.74 Å². The summed E-state index contributed by atoms with van der Waals surface area (Å²) in [6, 6.07) is 1.87. The molecule has 0 aromatic heterocycles. The molecule has 0 aromatic rings. The zero-order valence-electron chi connectivity index (χ0n) is 9.36. The molecule has 0 aliphatic rings. The summed E-state index contributed by atoms with van der Waals surface area (Å²) < 4.78 is 14.9. The van der Waals surface area contributed by atoms with Crippen LogP contribution in [-0.2, 0) is 19.0 Å². The first-order chi connectivity index (χ1) is 7.19. The summed E-state index contributed by atoms with van der Waals surface area (Å²) in [5.41, 5.74) is 0. The van der Waals surface area contributed by atoms with Crippen LogP contribution in [0.15, 0.2) is 0 Å². The van der Waals surface area contributed by atoms with Crippen LogP contribution in [0.1, 0.15) is 20.3 Å². The molecule has 0 unspecified atom stereocenters. The first-order valence-corrected chi connectivity index (χ1v) is 4.90. The summed E-state index contributed by atoms with van der Waals surface area (Å²) >= 11 is 0. The molecule has 0 aliphatic heterocycles. The molecule has 0 heterocycles. The van der Waals surface area contributed by atoms with Gasteiger partial charge in [0.2, 0.25) is 0 Å². The summed E-state index contributed by atoms with van der Waals surface area (Å²) in [6.07, 6.45) is -0.325. The van der Waals surface area contributed by atoms with Crippen LogP contribution in [-0.4, -0.2) is 32.6 Å². The number of ether oxygens (including phenoxy) is 3. The third-order valence-electron chi connectivity index (χ3n) is 1.77. The lowest BCUT2D eigenvalue weighted by Gasteiger charge is -2.18. The Labute approximate surface area is 89.9 Å². The lowest BCUT2D eigenvalue weighted by Crippen LogP contribution is -2.25. The minimum Gasteiger partial charge on any atom is -0.468 e. The van der Waals surface area contributed by atoms with Crippen molar-refractivity contribution in [3.63, 3.8) is 0 Å². The molecule has 0 amide bonds. The lowest BCUT2D eigenvalue weighted by atomic mass is 10.1. The molecule has 0 radical (unpaired) electrons. The third kappa shape index (κ3) is 5.35. The average Bonchev–Trinajstić information content (AvgIpc) is 2.25. The summed E-state index contributed by atoms with van der Waals surface area (Å²) in [5, 5.41) is 8.75. The van der Waals surface area contributed by atoms with E-state index < -0.39 is 18.2 Å². The normalized spacial score (nSPS) is 12.2. The lowest BCUT2D eigenvalue weighted by molar-refractivity contribution is -0.159. The summed E-state index contributed by atoms with van der Waals surface area (Å²) in [6.45, 7) is 4.60. The number of carbonyl (C=O) groups excluding carboxylic acids is 1. The maximum absolute atomic E-state index is 11.1. The van der Waals surface area contributed by atoms with Gasteiger partial charge in [0.1, 0.15) is 5.92 Å². The van der Waals surface area contributed by atoms with Gasteiger partial charge in [-0.1, -0.05) is 0 Å². The van der Waals surface area contributed by atoms with E-state index in [1.54, 1.807) is 0 Å². The van der Waals surface area contributed by atoms with Crippen LogP contribution in [0, 0.1) is 17.2 Å². The largest absolute Gasteiger partial charge is 0.468 e. The predicted molar refractivity (Wildman–Crippen MR) is 52.8 cm³/mol. The van der Waals surface area contributed by atoms with Crippen LogP contribution in [0.3, 0.4) is 0 Å². The van der Waals surface area contributed by atoms with E-state index in [1.165, 1.54) is 7.11 Å². The fraction of sp³-hybridized carbons (Fsp3) is 0.800. The minimum atomic E-state index is -0.835. The Bertz CT molecular complexity index is 218. The van der Waals surface area contributed by atoms with Crippen molar-refractivity contribution in [1.82, 2.24) is 0 Å². The van der Waals surface area contributed by atoms with Crippen molar-refractivity contribution in [1.29, 1.82) is 5.26 Å². The van der Waals surface area contributed by atoms with E-state index >= 15 is 0 Å². The topological polar surface area (TPSA) is 68.5 Å². The molecule has 0 saturated heterocycles. The number of carbonyl (C=O) groups is 1. The monoisotopic (exact) mass is 215 g/mol. The van der Waals surface area contributed by atoms with E-state index in [1.807, 2.05) is 19.9 Å². The number of nitriles is 1. The van der Waals surface area contributed by atoms with E-state index in [4.69, 9.17) is 14.7 Å². The summed E-state index contributed by atoms with van der Waals surface area (Å²) in [5.74, 6) is -1.39. The van der Waals surface area contributed by atoms with Crippen molar-refractivity contribution in [3.05, 3.63) is 0 Å². The highest BCUT2D eigenvalue weighted by atomic mass is 16.7. The second-order valence-corrected chi connectivity index (χ2v) is 2.78. The Morgan fingerprint density at radius 2 is 1.87 bits per heavy atom. The van der Waals surface area contributed by atoms with Gasteiger partial charge in [0.15, 0.2) is 6.29 Å². The van der Waals surface area contributed by atoms with Gasteiger partial charge in [-0.2, -0.15) is 5.26 Å². The van der Waals surface area contributed by atoms with Crippen molar-refractivity contribution in [2.75, 3.05) is 20.3 Å². The quantitative estimate of drug-likeness (QED) is 0.469. The number of rotatable bonds is 7. The maximum atomic E-state index is 11.1. The molecule has 0 rings (SSSR count). The molecule has 0 N–H and O–H groups in total. The number of esters is 1. The standard InChI is InChI=1S/C10H17NO4/c1-4-14-9(15-5-2)6-8(7-11)10(12)13-3/h8-9H,4-6H2,1-3H3/t8-/m1/s1. The van der Waals surface area contributed by atoms with Crippen LogP contribution < -0.4 is 0 Å².